The molecule has 1 saturated carbocycles. The highest BCUT2D eigenvalue weighted by atomic mass is 32.2. The lowest BCUT2D eigenvalue weighted by Gasteiger charge is -2.31. The van der Waals surface area contributed by atoms with E-state index in [1.165, 1.54) is 31.6 Å². The molecule has 1 aromatic rings. The van der Waals surface area contributed by atoms with Crippen LogP contribution < -0.4 is 5.32 Å². The summed E-state index contributed by atoms with van der Waals surface area (Å²) in [5.74, 6) is 0.810. The monoisotopic (exact) mass is 342 g/mol. The Kier molecular flexibility index (Phi) is 5.86. The summed E-state index contributed by atoms with van der Waals surface area (Å²) in [4.78, 5) is 11.8. The van der Waals surface area contributed by atoms with E-state index < -0.39 is 10.0 Å². The topological polar surface area (TPSA) is 79.6 Å². The molecule has 1 aromatic heterocycles. The Balaban J connectivity index is 1.83. The van der Waals surface area contributed by atoms with Crippen LogP contribution in [-0.2, 0) is 10.0 Å². The third kappa shape index (κ3) is 5.07. The summed E-state index contributed by atoms with van der Waals surface area (Å²) in [5, 5.41) is 2.77. The predicted octanol–water partition coefficient (Wildman–Crippen LogP) is 2.10. The molecule has 0 bridgehead atoms. The first-order chi connectivity index (χ1) is 10.8. The van der Waals surface area contributed by atoms with Gasteiger partial charge in [0.25, 0.3) is 5.91 Å². The van der Waals surface area contributed by atoms with Crippen LogP contribution in [0.4, 0.5) is 0 Å². The molecule has 1 aliphatic carbocycles. The van der Waals surface area contributed by atoms with Crippen molar-refractivity contribution >= 4 is 15.9 Å². The van der Waals surface area contributed by atoms with Crippen molar-refractivity contribution in [3.05, 3.63) is 24.2 Å². The third-order valence-electron chi connectivity index (χ3n) is 4.63. The van der Waals surface area contributed by atoms with Crippen LogP contribution >= 0.6 is 0 Å². The van der Waals surface area contributed by atoms with Gasteiger partial charge in [0.1, 0.15) is 6.26 Å². The number of rotatable bonds is 9. The second kappa shape index (κ2) is 7.49. The van der Waals surface area contributed by atoms with Gasteiger partial charge in [0, 0.05) is 19.1 Å². The molecule has 0 saturated heterocycles. The van der Waals surface area contributed by atoms with Crippen molar-refractivity contribution < 1.29 is 17.6 Å². The highest BCUT2D eigenvalue weighted by molar-refractivity contribution is 7.88. The normalized spacial score (nSPS) is 17.9. The van der Waals surface area contributed by atoms with E-state index in [9.17, 15) is 13.2 Å². The first-order valence-electron chi connectivity index (χ1n) is 8.08. The molecule has 2 atom stereocenters. The number of hydrogen-bond acceptors (Lipinski definition) is 4. The fourth-order valence-electron chi connectivity index (χ4n) is 2.88. The average Bonchev–Trinajstić information content (AvgIpc) is 3.18. The maximum absolute atomic E-state index is 12.1. The van der Waals surface area contributed by atoms with E-state index in [1.54, 1.807) is 10.4 Å². The number of nitrogens with zero attached hydrogens (tertiary/aromatic N) is 1. The number of sulfonamides is 1. The van der Waals surface area contributed by atoms with Crippen LogP contribution in [-0.4, -0.2) is 44.0 Å². The Hall–Kier alpha value is -1.34. The number of carbonyl (C=O) groups is 1. The summed E-state index contributed by atoms with van der Waals surface area (Å²) in [6.45, 7) is 4.96. The van der Waals surface area contributed by atoms with Gasteiger partial charge in [0.15, 0.2) is 0 Å². The Bertz CT molecular complexity index is 608. The van der Waals surface area contributed by atoms with Crippen LogP contribution in [0.15, 0.2) is 23.0 Å². The molecule has 1 fully saturated rings. The molecular formula is C16H26N2O4S. The minimum absolute atomic E-state index is 0.0120. The van der Waals surface area contributed by atoms with E-state index in [0.717, 1.165) is 0 Å². The van der Waals surface area contributed by atoms with E-state index >= 15 is 0 Å². The number of hydrogen-bond donors (Lipinski definition) is 1. The van der Waals surface area contributed by atoms with Crippen molar-refractivity contribution in [2.24, 2.45) is 11.8 Å². The Morgan fingerprint density at radius 1 is 1.43 bits per heavy atom. The van der Waals surface area contributed by atoms with Crippen LogP contribution in [0.5, 0.6) is 0 Å². The molecule has 0 aliphatic heterocycles. The number of furan rings is 1. The highest BCUT2D eigenvalue weighted by Gasteiger charge is 2.36. The maximum Gasteiger partial charge on any atom is 0.254 e. The summed E-state index contributed by atoms with van der Waals surface area (Å²) in [5.41, 5.74) is 0.473. The van der Waals surface area contributed by atoms with E-state index in [-0.39, 0.29) is 11.9 Å². The van der Waals surface area contributed by atoms with Crippen LogP contribution in [0.25, 0.3) is 0 Å². The summed E-state index contributed by atoms with van der Waals surface area (Å²) >= 11 is 0. The van der Waals surface area contributed by atoms with Crippen LogP contribution in [0.1, 0.15) is 43.5 Å². The maximum atomic E-state index is 12.1. The third-order valence-corrected chi connectivity index (χ3v) is 6.00. The smallest absolute Gasteiger partial charge is 0.254 e. The zero-order valence-corrected chi connectivity index (χ0v) is 14.8. The SMILES string of the molecule is CC(C1CC1)C(C)N(CCCNC(=O)c1ccoc1)S(C)(=O)=O. The average molecular weight is 342 g/mol. The second-order valence-corrected chi connectivity index (χ2v) is 8.37. The lowest BCUT2D eigenvalue weighted by atomic mass is 9.98. The molecular weight excluding hydrogens is 316 g/mol. The highest BCUT2D eigenvalue weighted by Crippen LogP contribution is 2.39. The predicted molar refractivity (Wildman–Crippen MR) is 88.6 cm³/mol. The van der Waals surface area contributed by atoms with Gasteiger partial charge >= 0.3 is 0 Å². The Morgan fingerprint density at radius 2 is 2.13 bits per heavy atom. The van der Waals surface area contributed by atoms with E-state index in [4.69, 9.17) is 4.42 Å². The van der Waals surface area contributed by atoms with Gasteiger partial charge in [-0.3, -0.25) is 4.79 Å². The zero-order chi connectivity index (χ0) is 17.0. The quantitative estimate of drug-likeness (QED) is 0.697. The van der Waals surface area contributed by atoms with Gasteiger partial charge in [-0.2, -0.15) is 4.31 Å². The van der Waals surface area contributed by atoms with Gasteiger partial charge in [0.05, 0.1) is 18.1 Å². The summed E-state index contributed by atoms with van der Waals surface area (Å²) in [6, 6.07) is 1.58. The molecule has 0 aromatic carbocycles. The first kappa shape index (κ1) is 18.0. The summed E-state index contributed by atoms with van der Waals surface area (Å²) in [7, 11) is -3.25. The van der Waals surface area contributed by atoms with Gasteiger partial charge in [0.2, 0.25) is 10.0 Å². The molecule has 2 unspecified atom stereocenters. The molecule has 0 spiro atoms. The molecule has 6 nitrogen and oxygen atoms in total. The Morgan fingerprint density at radius 3 is 2.65 bits per heavy atom. The molecule has 2 rings (SSSR count). The number of amides is 1. The van der Waals surface area contributed by atoms with Crippen LogP contribution in [0.3, 0.4) is 0 Å². The van der Waals surface area contributed by atoms with Gasteiger partial charge < -0.3 is 9.73 Å². The largest absolute Gasteiger partial charge is 0.472 e. The number of nitrogens with one attached hydrogen (secondary N) is 1. The van der Waals surface area contributed by atoms with Crippen molar-refractivity contribution in [3.8, 4) is 0 Å². The standard InChI is InChI=1S/C16H26N2O4S/c1-12(14-5-6-14)13(2)18(23(3,20)21)9-4-8-17-16(19)15-7-10-22-11-15/h7,10-14H,4-6,8-9H2,1-3H3,(H,17,19). The van der Waals surface area contributed by atoms with E-state index in [2.05, 4.69) is 12.2 Å². The van der Waals surface area contributed by atoms with Gasteiger partial charge in [-0.1, -0.05) is 6.92 Å². The summed E-state index contributed by atoms with van der Waals surface area (Å²) < 4.78 is 30.6. The lowest BCUT2D eigenvalue weighted by Crippen LogP contribution is -2.43. The lowest BCUT2D eigenvalue weighted by molar-refractivity contribution is 0.0951. The Labute approximate surface area is 138 Å². The minimum atomic E-state index is -3.25. The van der Waals surface area contributed by atoms with Gasteiger partial charge in [-0.05, 0) is 44.1 Å². The molecule has 1 heterocycles. The van der Waals surface area contributed by atoms with E-state index in [0.29, 0.717) is 36.9 Å². The summed E-state index contributed by atoms with van der Waals surface area (Å²) in [6.07, 6.45) is 7.07. The van der Waals surface area contributed by atoms with Crippen LogP contribution in [0, 0.1) is 11.8 Å². The minimum Gasteiger partial charge on any atom is -0.472 e. The second-order valence-electron chi connectivity index (χ2n) is 6.43. The molecule has 1 amide bonds. The molecule has 0 radical (unpaired) electrons. The van der Waals surface area contributed by atoms with Crippen molar-refractivity contribution in [2.75, 3.05) is 19.3 Å². The molecule has 1 aliphatic rings. The first-order valence-corrected chi connectivity index (χ1v) is 9.92. The fraction of sp³-hybridized carbons (Fsp3) is 0.688. The van der Waals surface area contributed by atoms with Crippen molar-refractivity contribution in [1.82, 2.24) is 9.62 Å². The van der Waals surface area contributed by atoms with Crippen molar-refractivity contribution in [1.29, 1.82) is 0 Å². The van der Waals surface area contributed by atoms with Gasteiger partial charge in [-0.25, -0.2) is 8.42 Å². The van der Waals surface area contributed by atoms with Crippen molar-refractivity contribution in [2.45, 2.75) is 39.2 Å². The van der Waals surface area contributed by atoms with Crippen LogP contribution in [0.2, 0.25) is 0 Å². The van der Waals surface area contributed by atoms with E-state index in [1.807, 2.05) is 6.92 Å². The van der Waals surface area contributed by atoms with Gasteiger partial charge in [-0.15, -0.1) is 0 Å². The number of carbonyl (C=O) groups excluding carboxylic acids is 1. The molecule has 23 heavy (non-hydrogen) atoms. The zero-order valence-electron chi connectivity index (χ0n) is 14.0. The molecule has 7 heteroatoms. The fourth-order valence-corrected chi connectivity index (χ4v) is 4.14. The molecule has 130 valence electrons. The van der Waals surface area contributed by atoms with Crippen molar-refractivity contribution in [3.63, 3.8) is 0 Å². The molecule has 1 N–H and O–H groups in total.